The molecule has 0 amide bonds. The van der Waals surface area contributed by atoms with Crippen molar-refractivity contribution in [3.8, 4) is 22.9 Å². The highest BCUT2D eigenvalue weighted by molar-refractivity contribution is 5.55. The van der Waals surface area contributed by atoms with Crippen LogP contribution in [0.25, 0.3) is 17.1 Å². The van der Waals surface area contributed by atoms with Gasteiger partial charge in [-0.2, -0.15) is 0 Å². The van der Waals surface area contributed by atoms with E-state index >= 15 is 0 Å². The van der Waals surface area contributed by atoms with Crippen molar-refractivity contribution in [2.24, 2.45) is 0 Å². The molecule has 0 unspecified atom stereocenters. The van der Waals surface area contributed by atoms with Crippen molar-refractivity contribution in [3.63, 3.8) is 0 Å². The van der Waals surface area contributed by atoms with Gasteiger partial charge in [0.05, 0.1) is 6.20 Å². The van der Waals surface area contributed by atoms with Gasteiger partial charge in [0.1, 0.15) is 18.1 Å². The van der Waals surface area contributed by atoms with Crippen LogP contribution >= 0.6 is 0 Å². The Morgan fingerprint density at radius 1 is 1.06 bits per heavy atom. The molecule has 3 aromatic heterocycles. The minimum atomic E-state index is -0.139. The Kier molecular flexibility index (Phi) is 6.38. The van der Waals surface area contributed by atoms with Crippen molar-refractivity contribution in [2.75, 3.05) is 18.0 Å². The number of benzene rings is 1. The highest BCUT2D eigenvalue weighted by Crippen LogP contribution is 2.22. The molecule has 0 bridgehead atoms. The highest BCUT2D eigenvalue weighted by Gasteiger charge is 2.22. The van der Waals surface area contributed by atoms with Crippen molar-refractivity contribution >= 4 is 5.95 Å². The van der Waals surface area contributed by atoms with Crippen molar-refractivity contribution < 1.29 is 9.15 Å². The van der Waals surface area contributed by atoms with Crippen LogP contribution in [0.1, 0.15) is 31.7 Å². The van der Waals surface area contributed by atoms with E-state index in [0.29, 0.717) is 11.6 Å². The van der Waals surface area contributed by atoms with Gasteiger partial charge in [-0.3, -0.25) is 9.36 Å². The number of piperidine rings is 1. The van der Waals surface area contributed by atoms with E-state index in [0.717, 1.165) is 56.0 Å². The lowest BCUT2D eigenvalue weighted by Gasteiger charge is -2.32. The molecule has 4 heterocycles. The molecule has 0 atom stereocenters. The zero-order valence-corrected chi connectivity index (χ0v) is 19.1. The molecule has 1 aliphatic rings. The molecule has 5 rings (SSSR count). The normalized spacial score (nSPS) is 14.3. The van der Waals surface area contributed by atoms with Crippen LogP contribution in [0.15, 0.2) is 76.7 Å². The number of pyridine rings is 1. The van der Waals surface area contributed by atoms with Crippen LogP contribution in [0.2, 0.25) is 0 Å². The fourth-order valence-corrected chi connectivity index (χ4v) is 4.17. The fourth-order valence-electron chi connectivity index (χ4n) is 4.17. The number of ether oxygens (including phenoxy) is 1. The third-order valence-electron chi connectivity index (χ3n) is 5.97. The summed E-state index contributed by atoms with van der Waals surface area (Å²) in [5.74, 6) is 1.92. The van der Waals surface area contributed by atoms with Crippen molar-refractivity contribution in [1.82, 2.24) is 19.5 Å². The van der Waals surface area contributed by atoms with Gasteiger partial charge in [0.25, 0.3) is 5.56 Å². The van der Waals surface area contributed by atoms with Crippen LogP contribution in [0.3, 0.4) is 0 Å². The molecule has 0 saturated carbocycles. The van der Waals surface area contributed by atoms with E-state index in [1.165, 1.54) is 11.8 Å². The van der Waals surface area contributed by atoms with Gasteiger partial charge >= 0.3 is 0 Å². The number of nitrogens with zero attached hydrogens (tertiary/aromatic N) is 5. The van der Waals surface area contributed by atoms with Crippen LogP contribution in [0, 0.1) is 0 Å². The molecule has 0 radical (unpaired) electrons. The number of hydrogen-bond donors (Lipinski definition) is 0. The molecular weight excluding hydrogens is 430 g/mol. The van der Waals surface area contributed by atoms with E-state index in [1.807, 2.05) is 42.7 Å². The van der Waals surface area contributed by atoms with Crippen LogP contribution < -0.4 is 15.2 Å². The molecular formula is C26H27N5O3. The Morgan fingerprint density at radius 2 is 1.82 bits per heavy atom. The summed E-state index contributed by atoms with van der Waals surface area (Å²) in [5, 5.41) is 0. The van der Waals surface area contributed by atoms with E-state index in [2.05, 4.69) is 26.8 Å². The van der Waals surface area contributed by atoms with Gasteiger partial charge < -0.3 is 14.1 Å². The molecule has 8 nitrogen and oxygen atoms in total. The summed E-state index contributed by atoms with van der Waals surface area (Å²) in [6.45, 7) is 3.80. The number of rotatable bonds is 7. The minimum absolute atomic E-state index is 0.0611. The SMILES string of the molecule is CCCc1cnc(N2CCC(Oc3ccn(-c4ccc(-c5ncco5)cc4)c(=O)c3)CC2)nc1. The zero-order valence-electron chi connectivity index (χ0n) is 19.1. The second-order valence-corrected chi connectivity index (χ2v) is 8.40. The van der Waals surface area contributed by atoms with E-state index in [1.54, 1.807) is 23.0 Å². The van der Waals surface area contributed by atoms with Gasteiger partial charge in [-0.1, -0.05) is 13.3 Å². The molecule has 0 N–H and O–H groups in total. The standard InChI is InChI=1S/C26H27N5O3/c1-2-3-19-17-28-26(29-18-19)30-12-8-22(9-13-30)34-23-10-14-31(24(32)16-23)21-6-4-20(5-7-21)25-27-11-15-33-25/h4-7,10-11,14-18,22H,2-3,8-9,12-13H2,1H3. The number of anilines is 1. The summed E-state index contributed by atoms with van der Waals surface area (Å²) in [5.41, 5.74) is 2.66. The van der Waals surface area contributed by atoms with Gasteiger partial charge in [0, 0.05) is 61.8 Å². The first-order valence-electron chi connectivity index (χ1n) is 11.6. The average Bonchev–Trinajstić information content (AvgIpc) is 3.41. The third kappa shape index (κ3) is 4.85. The lowest BCUT2D eigenvalue weighted by molar-refractivity contribution is 0.170. The molecule has 1 aromatic carbocycles. The average molecular weight is 458 g/mol. The molecule has 1 fully saturated rings. The lowest BCUT2D eigenvalue weighted by atomic mass is 10.1. The van der Waals surface area contributed by atoms with Gasteiger partial charge in [0.2, 0.25) is 11.8 Å². The Hall–Kier alpha value is -3.94. The number of hydrogen-bond acceptors (Lipinski definition) is 7. The second kappa shape index (κ2) is 9.91. The first-order chi connectivity index (χ1) is 16.7. The monoisotopic (exact) mass is 457 g/mol. The molecule has 34 heavy (non-hydrogen) atoms. The Labute approximate surface area is 197 Å². The quantitative estimate of drug-likeness (QED) is 0.409. The van der Waals surface area contributed by atoms with Gasteiger partial charge in [0.15, 0.2) is 0 Å². The highest BCUT2D eigenvalue weighted by atomic mass is 16.5. The maximum Gasteiger partial charge on any atom is 0.258 e. The first kappa shape index (κ1) is 21.9. The van der Waals surface area contributed by atoms with E-state index in [9.17, 15) is 4.79 Å². The summed E-state index contributed by atoms with van der Waals surface area (Å²) >= 11 is 0. The molecule has 174 valence electrons. The summed E-state index contributed by atoms with van der Waals surface area (Å²) in [6, 6.07) is 10.9. The number of aryl methyl sites for hydroxylation is 1. The smallest absolute Gasteiger partial charge is 0.258 e. The molecule has 0 aliphatic carbocycles. The lowest BCUT2D eigenvalue weighted by Crippen LogP contribution is -2.39. The van der Waals surface area contributed by atoms with Gasteiger partial charge in [-0.25, -0.2) is 15.0 Å². The Balaban J connectivity index is 1.19. The molecule has 0 spiro atoms. The van der Waals surface area contributed by atoms with E-state index in [4.69, 9.17) is 9.15 Å². The van der Waals surface area contributed by atoms with Gasteiger partial charge in [-0.15, -0.1) is 0 Å². The van der Waals surface area contributed by atoms with Crippen molar-refractivity contribution in [2.45, 2.75) is 38.7 Å². The molecule has 4 aromatic rings. The van der Waals surface area contributed by atoms with E-state index < -0.39 is 0 Å². The summed E-state index contributed by atoms with van der Waals surface area (Å²) < 4.78 is 13.0. The Morgan fingerprint density at radius 3 is 2.47 bits per heavy atom. The van der Waals surface area contributed by atoms with Crippen LogP contribution in [0.4, 0.5) is 5.95 Å². The van der Waals surface area contributed by atoms with Gasteiger partial charge in [-0.05, 0) is 42.3 Å². The zero-order chi connectivity index (χ0) is 23.3. The predicted molar refractivity (Wildman–Crippen MR) is 129 cm³/mol. The van der Waals surface area contributed by atoms with Crippen LogP contribution in [0.5, 0.6) is 5.75 Å². The predicted octanol–water partition coefficient (Wildman–Crippen LogP) is 4.28. The summed E-state index contributed by atoms with van der Waals surface area (Å²) in [6.07, 6.45) is 12.6. The van der Waals surface area contributed by atoms with Crippen molar-refractivity contribution in [3.05, 3.63) is 83.4 Å². The number of aromatic nitrogens is 4. The maximum absolute atomic E-state index is 12.7. The Bertz CT molecular complexity index is 1260. The van der Waals surface area contributed by atoms with Crippen LogP contribution in [-0.4, -0.2) is 38.7 Å². The van der Waals surface area contributed by atoms with E-state index in [-0.39, 0.29) is 11.7 Å². The summed E-state index contributed by atoms with van der Waals surface area (Å²) in [4.78, 5) is 28.1. The second-order valence-electron chi connectivity index (χ2n) is 8.40. The third-order valence-corrected chi connectivity index (χ3v) is 5.97. The molecule has 1 saturated heterocycles. The largest absolute Gasteiger partial charge is 0.490 e. The topological polar surface area (TPSA) is 86.3 Å². The molecule has 8 heteroatoms. The van der Waals surface area contributed by atoms with Crippen molar-refractivity contribution in [1.29, 1.82) is 0 Å². The minimum Gasteiger partial charge on any atom is -0.490 e. The van der Waals surface area contributed by atoms with Crippen LogP contribution in [-0.2, 0) is 6.42 Å². The molecule has 1 aliphatic heterocycles. The maximum atomic E-state index is 12.7. The fraction of sp³-hybridized carbons (Fsp3) is 0.308. The first-order valence-corrected chi connectivity index (χ1v) is 11.6. The number of oxazole rings is 1. The summed E-state index contributed by atoms with van der Waals surface area (Å²) in [7, 11) is 0.